The van der Waals surface area contributed by atoms with Gasteiger partial charge in [-0.3, -0.25) is 0 Å². The van der Waals surface area contributed by atoms with Crippen LogP contribution in [0.5, 0.6) is 5.75 Å². The highest BCUT2D eigenvalue weighted by atomic mass is 19.3. The molecular weight excluding hydrogens is 509 g/mol. The van der Waals surface area contributed by atoms with Crippen LogP contribution in [-0.4, -0.2) is 6.11 Å². The summed E-state index contributed by atoms with van der Waals surface area (Å²) in [5, 5.41) is -0.990. The van der Waals surface area contributed by atoms with Crippen molar-refractivity contribution in [2.24, 2.45) is 11.8 Å². The van der Waals surface area contributed by atoms with Gasteiger partial charge in [-0.05, 0) is 59.4 Å². The lowest BCUT2D eigenvalue weighted by Gasteiger charge is -2.32. The van der Waals surface area contributed by atoms with E-state index in [0.717, 1.165) is 18.2 Å². The number of hydrogen-bond acceptors (Lipinski definition) is 1. The molecule has 0 aromatic heterocycles. The molecule has 1 saturated carbocycles. The molecule has 8 heteroatoms. The topological polar surface area (TPSA) is 9.23 Å². The van der Waals surface area contributed by atoms with Crippen molar-refractivity contribution in [2.45, 2.75) is 64.9 Å². The molecule has 0 saturated heterocycles. The second-order valence-electron chi connectivity index (χ2n) is 11.0. The molecule has 3 aromatic carbocycles. The molecule has 1 aliphatic rings. The van der Waals surface area contributed by atoms with Crippen LogP contribution < -0.4 is 4.74 Å². The minimum absolute atomic E-state index is 0.0435. The van der Waals surface area contributed by atoms with Crippen molar-refractivity contribution in [1.29, 1.82) is 0 Å². The third-order valence-corrected chi connectivity index (χ3v) is 6.97. The Morgan fingerprint density at radius 1 is 0.763 bits per heavy atom. The van der Waals surface area contributed by atoms with Crippen LogP contribution in [0.25, 0.3) is 10.8 Å². The van der Waals surface area contributed by atoms with Crippen LogP contribution in [0.4, 0.5) is 30.7 Å². The summed E-state index contributed by atoms with van der Waals surface area (Å²) < 4.78 is 106. The van der Waals surface area contributed by atoms with Gasteiger partial charge in [0.15, 0.2) is 17.5 Å². The molecule has 0 atom stereocenters. The zero-order valence-electron chi connectivity index (χ0n) is 21.4. The molecule has 4 rings (SSSR count). The van der Waals surface area contributed by atoms with Gasteiger partial charge >= 0.3 is 6.11 Å². The molecule has 1 fully saturated rings. The van der Waals surface area contributed by atoms with Gasteiger partial charge in [0.05, 0.1) is 16.9 Å². The number of halogens is 7. The molecule has 0 amide bonds. The lowest BCUT2D eigenvalue weighted by atomic mass is 9.82. The summed E-state index contributed by atoms with van der Waals surface area (Å²) in [6.07, 6.45) is -1.50. The zero-order chi connectivity index (χ0) is 28.0. The van der Waals surface area contributed by atoms with Crippen molar-refractivity contribution in [3.8, 4) is 17.6 Å². The third kappa shape index (κ3) is 5.62. The summed E-state index contributed by atoms with van der Waals surface area (Å²) in [6, 6.07) is 4.78. The molecule has 202 valence electrons. The standard InChI is InChI=1S/C30H27F7O/c1-16-5-8-19(9-6-16)30(36,37)38-20-14-22(29(2,3)4)21(23(31)15-20)10-7-17-11-18-13-25(33)27(34)28(35)26(18)24(32)12-17/h11-16,19H,5-6,8-9H2,1-4H3. The molecule has 0 N–H and O–H groups in total. The predicted molar refractivity (Wildman–Crippen MR) is 132 cm³/mol. The molecule has 38 heavy (non-hydrogen) atoms. The summed E-state index contributed by atoms with van der Waals surface area (Å²) in [5.41, 5.74) is -0.610. The van der Waals surface area contributed by atoms with E-state index in [4.69, 9.17) is 4.74 Å². The Labute approximate surface area is 217 Å². The second kappa shape index (κ2) is 10.2. The minimum Gasteiger partial charge on any atom is -0.432 e. The number of rotatable bonds is 3. The van der Waals surface area contributed by atoms with Crippen molar-refractivity contribution >= 4 is 10.8 Å². The maximum Gasteiger partial charge on any atom is 0.400 e. The van der Waals surface area contributed by atoms with Crippen LogP contribution in [0.2, 0.25) is 0 Å². The van der Waals surface area contributed by atoms with Crippen LogP contribution in [-0.2, 0) is 5.41 Å². The quantitative estimate of drug-likeness (QED) is 0.184. The van der Waals surface area contributed by atoms with Crippen LogP contribution in [0.15, 0.2) is 30.3 Å². The highest BCUT2D eigenvalue weighted by molar-refractivity contribution is 5.85. The van der Waals surface area contributed by atoms with Gasteiger partial charge in [-0.2, -0.15) is 8.78 Å². The zero-order valence-corrected chi connectivity index (χ0v) is 21.4. The van der Waals surface area contributed by atoms with Crippen molar-refractivity contribution in [1.82, 2.24) is 0 Å². The van der Waals surface area contributed by atoms with Crippen LogP contribution in [0.3, 0.4) is 0 Å². The first kappa shape index (κ1) is 27.8. The monoisotopic (exact) mass is 536 g/mol. The average Bonchev–Trinajstić information content (AvgIpc) is 2.80. The molecule has 0 bridgehead atoms. The van der Waals surface area contributed by atoms with Gasteiger partial charge in [-0.15, -0.1) is 0 Å². The maximum atomic E-state index is 15.3. The summed E-state index contributed by atoms with van der Waals surface area (Å²) in [5.74, 6) is -2.77. The van der Waals surface area contributed by atoms with Gasteiger partial charge in [0.25, 0.3) is 0 Å². The number of hydrogen-bond donors (Lipinski definition) is 0. The average molecular weight is 537 g/mol. The SMILES string of the molecule is CC1CCC(C(F)(F)Oc2cc(F)c(C#Cc3cc(F)c4c(F)c(F)c(F)cc4c3)c(C(C)(C)C)c2)CC1. The summed E-state index contributed by atoms with van der Waals surface area (Å²) in [4.78, 5) is 0. The van der Waals surface area contributed by atoms with E-state index in [1.54, 1.807) is 20.8 Å². The van der Waals surface area contributed by atoms with Crippen LogP contribution in [0.1, 0.15) is 70.1 Å². The molecule has 1 aliphatic carbocycles. The highest BCUT2D eigenvalue weighted by Crippen LogP contribution is 2.41. The Hall–Kier alpha value is -3.21. The van der Waals surface area contributed by atoms with Crippen LogP contribution in [0, 0.1) is 52.8 Å². The number of benzene rings is 3. The molecule has 1 nitrogen and oxygen atoms in total. The smallest absolute Gasteiger partial charge is 0.400 e. The lowest BCUT2D eigenvalue weighted by molar-refractivity contribution is -0.223. The molecule has 0 unspecified atom stereocenters. The van der Waals surface area contributed by atoms with Crippen molar-refractivity contribution in [2.75, 3.05) is 0 Å². The molecule has 0 spiro atoms. The largest absolute Gasteiger partial charge is 0.432 e. The van der Waals surface area contributed by atoms with E-state index >= 15 is 4.39 Å². The normalized spacial score (nSPS) is 18.3. The molecule has 0 aliphatic heterocycles. The Balaban J connectivity index is 1.72. The molecular formula is C30H27F7O. The Morgan fingerprint density at radius 2 is 1.42 bits per heavy atom. The van der Waals surface area contributed by atoms with Gasteiger partial charge in [0.2, 0.25) is 0 Å². The van der Waals surface area contributed by atoms with Crippen molar-refractivity contribution in [3.05, 3.63) is 76.1 Å². The first-order valence-electron chi connectivity index (χ1n) is 12.4. The van der Waals surface area contributed by atoms with E-state index in [0.29, 0.717) is 37.7 Å². The number of fused-ring (bicyclic) bond motifs is 1. The maximum absolute atomic E-state index is 15.3. The second-order valence-corrected chi connectivity index (χ2v) is 11.0. The fourth-order valence-corrected chi connectivity index (χ4v) is 4.79. The number of ether oxygens (including phenoxy) is 1. The van der Waals surface area contributed by atoms with E-state index < -0.39 is 51.9 Å². The van der Waals surface area contributed by atoms with E-state index in [1.165, 1.54) is 6.07 Å². The summed E-state index contributed by atoms with van der Waals surface area (Å²) in [7, 11) is 0. The Morgan fingerprint density at radius 3 is 2.05 bits per heavy atom. The number of alkyl halides is 2. The third-order valence-electron chi connectivity index (χ3n) is 6.97. The lowest BCUT2D eigenvalue weighted by Crippen LogP contribution is -2.37. The van der Waals surface area contributed by atoms with Crippen LogP contribution >= 0.6 is 0 Å². The Bertz CT molecular complexity index is 1440. The van der Waals surface area contributed by atoms with Gasteiger partial charge in [-0.1, -0.05) is 52.4 Å². The molecule has 3 aromatic rings. The van der Waals surface area contributed by atoms with Gasteiger partial charge in [-0.25, -0.2) is 22.0 Å². The van der Waals surface area contributed by atoms with E-state index in [1.807, 2.05) is 6.92 Å². The predicted octanol–water partition coefficient (Wildman–Crippen LogP) is 9.03. The fourth-order valence-electron chi connectivity index (χ4n) is 4.79. The van der Waals surface area contributed by atoms with Gasteiger partial charge in [0, 0.05) is 11.6 Å². The van der Waals surface area contributed by atoms with Gasteiger partial charge in [0.1, 0.15) is 17.4 Å². The molecule has 0 radical (unpaired) electrons. The van der Waals surface area contributed by atoms with Crippen molar-refractivity contribution < 1.29 is 35.5 Å². The van der Waals surface area contributed by atoms with Crippen molar-refractivity contribution in [3.63, 3.8) is 0 Å². The first-order chi connectivity index (χ1) is 17.7. The van der Waals surface area contributed by atoms with Gasteiger partial charge < -0.3 is 4.74 Å². The summed E-state index contributed by atoms with van der Waals surface area (Å²) in [6.45, 7) is 7.25. The van der Waals surface area contributed by atoms with E-state index in [2.05, 4.69) is 11.8 Å². The first-order valence-corrected chi connectivity index (χ1v) is 12.4. The molecule has 0 heterocycles. The highest BCUT2D eigenvalue weighted by Gasteiger charge is 2.43. The minimum atomic E-state index is -3.47. The van der Waals surface area contributed by atoms with E-state index in [-0.39, 0.29) is 27.8 Å². The fraction of sp³-hybridized carbons (Fsp3) is 0.400. The summed E-state index contributed by atoms with van der Waals surface area (Å²) >= 11 is 0. The van der Waals surface area contributed by atoms with E-state index in [9.17, 15) is 26.3 Å². The Kier molecular flexibility index (Phi) is 7.44.